The molecule has 0 bridgehead atoms. The van der Waals surface area contributed by atoms with Crippen LogP contribution >= 0.6 is 0 Å². The van der Waals surface area contributed by atoms with Crippen LogP contribution < -0.4 is 5.73 Å². The topological polar surface area (TPSA) is 43.1 Å². The molecule has 3 heteroatoms. The van der Waals surface area contributed by atoms with E-state index in [4.69, 9.17) is 5.73 Å². The summed E-state index contributed by atoms with van der Waals surface area (Å²) in [5.74, 6) is -0.741. The molecule has 0 saturated carbocycles. The molecule has 0 aliphatic rings. The van der Waals surface area contributed by atoms with Crippen molar-refractivity contribution in [2.45, 2.75) is 13.3 Å². The summed E-state index contributed by atoms with van der Waals surface area (Å²) in [7, 11) is 0. The summed E-state index contributed by atoms with van der Waals surface area (Å²) in [4.78, 5) is 11.1. The van der Waals surface area contributed by atoms with Gasteiger partial charge in [0.25, 0.3) is 0 Å². The van der Waals surface area contributed by atoms with Gasteiger partial charge in [0, 0.05) is 12.1 Å². The summed E-state index contributed by atoms with van der Waals surface area (Å²) >= 11 is 0. The highest BCUT2D eigenvalue weighted by atomic mass is 19.1. The van der Waals surface area contributed by atoms with Crippen LogP contribution in [-0.4, -0.2) is 5.78 Å². The van der Waals surface area contributed by atoms with E-state index in [1.54, 1.807) is 6.92 Å². The monoisotopic (exact) mass is 167 g/mol. The van der Waals surface area contributed by atoms with Crippen molar-refractivity contribution in [1.29, 1.82) is 0 Å². The van der Waals surface area contributed by atoms with Gasteiger partial charge >= 0.3 is 0 Å². The molecule has 0 radical (unpaired) electrons. The predicted octanol–water partition coefficient (Wildman–Crippen LogP) is 2.00. The lowest BCUT2D eigenvalue weighted by Crippen LogP contribution is -2.01. The summed E-state index contributed by atoms with van der Waals surface area (Å²) in [5.41, 5.74) is 5.77. The van der Waals surface area contributed by atoms with Gasteiger partial charge in [-0.15, -0.1) is 0 Å². The van der Waals surface area contributed by atoms with E-state index in [9.17, 15) is 9.18 Å². The minimum atomic E-state index is -0.540. The van der Waals surface area contributed by atoms with E-state index in [1.807, 2.05) is 0 Å². The molecule has 0 unspecified atom stereocenters. The number of ketones is 1. The number of halogens is 1. The van der Waals surface area contributed by atoms with E-state index in [-0.39, 0.29) is 11.3 Å². The van der Waals surface area contributed by atoms with Crippen molar-refractivity contribution in [2.24, 2.45) is 0 Å². The summed E-state index contributed by atoms with van der Waals surface area (Å²) in [6, 6.07) is 4.09. The molecular weight excluding hydrogens is 157 g/mol. The molecule has 2 nitrogen and oxygen atoms in total. The van der Waals surface area contributed by atoms with Crippen molar-refractivity contribution in [2.75, 3.05) is 5.73 Å². The highest BCUT2D eigenvalue weighted by Crippen LogP contribution is 2.13. The Hall–Kier alpha value is -1.38. The van der Waals surface area contributed by atoms with Gasteiger partial charge in [0.05, 0.1) is 5.56 Å². The fraction of sp³-hybridized carbons (Fsp3) is 0.222. The van der Waals surface area contributed by atoms with Crippen molar-refractivity contribution >= 4 is 11.5 Å². The number of nitrogen functional groups attached to an aromatic ring is 1. The van der Waals surface area contributed by atoms with Gasteiger partial charge in [-0.05, 0) is 18.2 Å². The molecule has 1 rings (SSSR count). The summed E-state index contributed by atoms with van der Waals surface area (Å²) in [6.45, 7) is 1.69. The quantitative estimate of drug-likeness (QED) is 0.540. The number of nitrogens with two attached hydrogens (primary N) is 1. The summed E-state index contributed by atoms with van der Waals surface area (Å²) < 4.78 is 13.0. The van der Waals surface area contributed by atoms with Gasteiger partial charge in [-0.3, -0.25) is 4.79 Å². The zero-order valence-electron chi connectivity index (χ0n) is 6.80. The third-order valence-electron chi connectivity index (χ3n) is 1.61. The van der Waals surface area contributed by atoms with E-state index in [0.29, 0.717) is 12.1 Å². The van der Waals surface area contributed by atoms with Crippen LogP contribution in [0.3, 0.4) is 0 Å². The minimum Gasteiger partial charge on any atom is -0.399 e. The molecule has 12 heavy (non-hydrogen) atoms. The first-order valence-corrected chi connectivity index (χ1v) is 3.73. The number of benzene rings is 1. The molecule has 0 saturated heterocycles. The number of carbonyl (C=O) groups excluding carboxylic acids is 1. The Bertz CT molecular complexity index is 309. The first-order valence-electron chi connectivity index (χ1n) is 3.73. The normalized spacial score (nSPS) is 9.83. The highest BCUT2D eigenvalue weighted by Gasteiger charge is 2.08. The van der Waals surface area contributed by atoms with E-state index >= 15 is 0 Å². The van der Waals surface area contributed by atoms with E-state index < -0.39 is 5.82 Å². The molecular formula is C9H10FNO. The van der Waals surface area contributed by atoms with Crippen LogP contribution in [0.25, 0.3) is 0 Å². The second-order valence-corrected chi connectivity index (χ2v) is 2.52. The SMILES string of the molecule is CCC(=O)c1ccc(N)cc1F. The van der Waals surface area contributed by atoms with Crippen molar-refractivity contribution in [3.05, 3.63) is 29.6 Å². The maximum Gasteiger partial charge on any atom is 0.165 e. The number of hydrogen-bond acceptors (Lipinski definition) is 2. The van der Waals surface area contributed by atoms with Gasteiger partial charge in [0.15, 0.2) is 5.78 Å². The molecule has 0 aliphatic heterocycles. The van der Waals surface area contributed by atoms with Crippen LogP contribution in [-0.2, 0) is 0 Å². The molecule has 64 valence electrons. The highest BCUT2D eigenvalue weighted by molar-refractivity contribution is 5.96. The maximum absolute atomic E-state index is 13.0. The van der Waals surface area contributed by atoms with Crippen molar-refractivity contribution < 1.29 is 9.18 Å². The van der Waals surface area contributed by atoms with Gasteiger partial charge < -0.3 is 5.73 Å². The molecule has 0 spiro atoms. The van der Waals surface area contributed by atoms with E-state index in [1.165, 1.54) is 12.1 Å². The molecule has 0 amide bonds. The molecule has 1 aromatic rings. The molecule has 2 N–H and O–H groups in total. The number of hydrogen-bond donors (Lipinski definition) is 1. The van der Waals surface area contributed by atoms with Crippen LogP contribution in [0, 0.1) is 5.82 Å². The Morgan fingerprint density at radius 2 is 2.25 bits per heavy atom. The van der Waals surface area contributed by atoms with Gasteiger partial charge in [-0.1, -0.05) is 6.92 Å². The lowest BCUT2D eigenvalue weighted by Gasteiger charge is -2.00. The standard InChI is InChI=1S/C9H10FNO/c1-2-9(12)7-4-3-6(11)5-8(7)10/h3-5H,2,11H2,1H3. The molecule has 0 aliphatic carbocycles. The Labute approximate surface area is 70.2 Å². The van der Waals surface area contributed by atoms with Crippen LogP contribution in [0.15, 0.2) is 18.2 Å². The number of Topliss-reactive ketones (excluding diaryl/α,β-unsaturated/α-hetero) is 1. The fourth-order valence-electron chi connectivity index (χ4n) is 0.948. The fourth-order valence-corrected chi connectivity index (χ4v) is 0.948. The van der Waals surface area contributed by atoms with Crippen molar-refractivity contribution in [1.82, 2.24) is 0 Å². The van der Waals surface area contributed by atoms with Gasteiger partial charge in [0.1, 0.15) is 5.82 Å². The molecule has 0 heterocycles. The van der Waals surface area contributed by atoms with Crippen LogP contribution in [0.5, 0.6) is 0 Å². The third kappa shape index (κ3) is 1.61. The summed E-state index contributed by atoms with van der Waals surface area (Å²) in [6.07, 6.45) is 0.306. The van der Waals surface area contributed by atoms with Crippen LogP contribution in [0.2, 0.25) is 0 Å². The van der Waals surface area contributed by atoms with Crippen LogP contribution in [0.4, 0.5) is 10.1 Å². The molecule has 0 atom stereocenters. The number of carbonyl (C=O) groups is 1. The van der Waals surface area contributed by atoms with Crippen LogP contribution in [0.1, 0.15) is 23.7 Å². The predicted molar refractivity (Wildman–Crippen MR) is 45.4 cm³/mol. The van der Waals surface area contributed by atoms with Gasteiger partial charge in [-0.2, -0.15) is 0 Å². The van der Waals surface area contributed by atoms with E-state index in [0.717, 1.165) is 6.07 Å². The van der Waals surface area contributed by atoms with Crippen molar-refractivity contribution in [3.8, 4) is 0 Å². The largest absolute Gasteiger partial charge is 0.399 e. The molecule has 0 aromatic heterocycles. The average Bonchev–Trinajstić information content (AvgIpc) is 2.03. The Balaban J connectivity index is 3.09. The Kier molecular flexibility index (Phi) is 2.43. The van der Waals surface area contributed by atoms with Gasteiger partial charge in [0.2, 0.25) is 0 Å². The second kappa shape index (κ2) is 3.34. The zero-order valence-corrected chi connectivity index (χ0v) is 6.80. The Morgan fingerprint density at radius 3 is 2.75 bits per heavy atom. The van der Waals surface area contributed by atoms with Gasteiger partial charge in [-0.25, -0.2) is 4.39 Å². The first kappa shape index (κ1) is 8.71. The average molecular weight is 167 g/mol. The first-order chi connectivity index (χ1) is 5.65. The minimum absolute atomic E-state index is 0.117. The maximum atomic E-state index is 13.0. The van der Waals surface area contributed by atoms with E-state index in [2.05, 4.69) is 0 Å². The lowest BCUT2D eigenvalue weighted by molar-refractivity contribution is 0.0984. The zero-order chi connectivity index (χ0) is 9.14. The Morgan fingerprint density at radius 1 is 1.58 bits per heavy atom. The molecule has 0 fully saturated rings. The number of rotatable bonds is 2. The third-order valence-corrected chi connectivity index (χ3v) is 1.61. The summed E-state index contributed by atoms with van der Waals surface area (Å²) in [5, 5.41) is 0. The number of anilines is 1. The second-order valence-electron chi connectivity index (χ2n) is 2.52. The smallest absolute Gasteiger partial charge is 0.165 e. The lowest BCUT2D eigenvalue weighted by atomic mass is 10.1. The van der Waals surface area contributed by atoms with Crippen molar-refractivity contribution in [3.63, 3.8) is 0 Å². The molecule has 1 aromatic carbocycles.